The fraction of sp³-hybridized carbons (Fsp3) is 0.294. The van der Waals surface area contributed by atoms with E-state index in [-0.39, 0.29) is 10.6 Å². The molecular weight excluding hydrogens is 264 g/mol. The van der Waals surface area contributed by atoms with Gasteiger partial charge in [0.1, 0.15) is 5.69 Å². The second kappa shape index (κ2) is 5.95. The van der Waals surface area contributed by atoms with Gasteiger partial charge in [-0.3, -0.25) is 10.1 Å². The van der Waals surface area contributed by atoms with Gasteiger partial charge in [-0.25, -0.2) is 0 Å². The Morgan fingerprint density at radius 1 is 1.00 bits per heavy atom. The van der Waals surface area contributed by atoms with Crippen LogP contribution in [0.25, 0.3) is 0 Å². The Bertz CT molecular complexity index is 693. The predicted octanol–water partition coefficient (Wildman–Crippen LogP) is 4.44. The lowest BCUT2D eigenvalue weighted by atomic mass is 10.0. The van der Waals surface area contributed by atoms with Crippen molar-refractivity contribution in [2.24, 2.45) is 0 Å². The van der Waals surface area contributed by atoms with Gasteiger partial charge in [0.25, 0.3) is 5.69 Å². The predicted molar refractivity (Wildman–Crippen MR) is 85.8 cm³/mol. The number of hydrogen-bond donors (Lipinski definition) is 1. The van der Waals surface area contributed by atoms with Crippen molar-refractivity contribution >= 4 is 11.4 Å². The molecule has 0 saturated carbocycles. The molecule has 2 aromatic carbocycles. The number of benzene rings is 2. The highest BCUT2D eigenvalue weighted by atomic mass is 16.6. The van der Waals surface area contributed by atoms with Crippen molar-refractivity contribution in [1.82, 2.24) is 0 Å². The molecule has 0 aliphatic carbocycles. The van der Waals surface area contributed by atoms with Gasteiger partial charge in [-0.15, -0.1) is 0 Å². The first-order valence-corrected chi connectivity index (χ1v) is 6.94. The Morgan fingerprint density at radius 2 is 1.67 bits per heavy atom. The molecule has 0 unspecified atom stereocenters. The maximum atomic E-state index is 11.2. The standard InChI is InChI=1S/C17H20N2O2/c1-11-5-6-12(2)15(7-11)10-18-16-8-13(3)14(4)9-17(16)19(20)21/h5-9,18H,10H2,1-4H3. The lowest BCUT2D eigenvalue weighted by Gasteiger charge is -2.12. The zero-order valence-corrected chi connectivity index (χ0v) is 12.9. The van der Waals surface area contributed by atoms with Gasteiger partial charge in [0.15, 0.2) is 0 Å². The third kappa shape index (κ3) is 3.40. The van der Waals surface area contributed by atoms with Gasteiger partial charge in [0, 0.05) is 12.6 Å². The fourth-order valence-corrected chi connectivity index (χ4v) is 2.27. The van der Waals surface area contributed by atoms with E-state index in [4.69, 9.17) is 0 Å². The molecule has 0 bridgehead atoms. The van der Waals surface area contributed by atoms with E-state index in [1.54, 1.807) is 6.07 Å². The molecule has 110 valence electrons. The van der Waals surface area contributed by atoms with Crippen LogP contribution >= 0.6 is 0 Å². The maximum absolute atomic E-state index is 11.2. The van der Waals surface area contributed by atoms with Crippen molar-refractivity contribution in [2.45, 2.75) is 34.2 Å². The summed E-state index contributed by atoms with van der Waals surface area (Å²) in [7, 11) is 0. The monoisotopic (exact) mass is 284 g/mol. The first-order chi connectivity index (χ1) is 9.88. The quantitative estimate of drug-likeness (QED) is 0.667. The van der Waals surface area contributed by atoms with Crippen LogP contribution in [0, 0.1) is 37.8 Å². The summed E-state index contributed by atoms with van der Waals surface area (Å²) >= 11 is 0. The molecule has 21 heavy (non-hydrogen) atoms. The Kier molecular flexibility index (Phi) is 4.26. The van der Waals surface area contributed by atoms with E-state index < -0.39 is 0 Å². The third-order valence-electron chi connectivity index (χ3n) is 3.78. The van der Waals surface area contributed by atoms with Crippen LogP contribution in [0.3, 0.4) is 0 Å². The number of nitrogens with one attached hydrogen (secondary N) is 1. The van der Waals surface area contributed by atoms with Gasteiger partial charge >= 0.3 is 0 Å². The van der Waals surface area contributed by atoms with E-state index in [1.807, 2.05) is 33.8 Å². The SMILES string of the molecule is Cc1ccc(C)c(CNc2cc(C)c(C)cc2[N+](=O)[O-])c1. The highest BCUT2D eigenvalue weighted by molar-refractivity contribution is 5.64. The average molecular weight is 284 g/mol. The van der Waals surface area contributed by atoms with E-state index in [1.165, 1.54) is 11.1 Å². The molecule has 0 radical (unpaired) electrons. The average Bonchev–Trinajstić information content (AvgIpc) is 2.42. The van der Waals surface area contributed by atoms with Crippen LogP contribution < -0.4 is 5.32 Å². The molecule has 0 saturated heterocycles. The van der Waals surface area contributed by atoms with E-state index >= 15 is 0 Å². The summed E-state index contributed by atoms with van der Waals surface area (Å²) in [5, 5.41) is 14.4. The smallest absolute Gasteiger partial charge is 0.292 e. The molecule has 4 heteroatoms. The molecule has 2 aromatic rings. The van der Waals surface area contributed by atoms with Crippen LogP contribution in [0.5, 0.6) is 0 Å². The first-order valence-electron chi connectivity index (χ1n) is 6.94. The molecule has 0 atom stereocenters. The summed E-state index contributed by atoms with van der Waals surface area (Å²) in [5.41, 5.74) is 6.20. The minimum Gasteiger partial charge on any atom is -0.375 e. The molecule has 0 aliphatic rings. The molecule has 4 nitrogen and oxygen atoms in total. The lowest BCUT2D eigenvalue weighted by Crippen LogP contribution is -2.05. The van der Waals surface area contributed by atoms with Crippen LogP contribution in [0.4, 0.5) is 11.4 Å². The van der Waals surface area contributed by atoms with Crippen molar-refractivity contribution in [3.63, 3.8) is 0 Å². The van der Waals surface area contributed by atoms with Crippen LogP contribution in [-0.2, 0) is 6.54 Å². The topological polar surface area (TPSA) is 55.2 Å². The van der Waals surface area contributed by atoms with E-state index in [9.17, 15) is 10.1 Å². The summed E-state index contributed by atoms with van der Waals surface area (Å²) in [5.74, 6) is 0. The largest absolute Gasteiger partial charge is 0.375 e. The molecule has 0 amide bonds. The normalized spacial score (nSPS) is 10.5. The minimum atomic E-state index is -0.335. The number of nitro groups is 1. The van der Waals surface area contributed by atoms with Gasteiger partial charge in [-0.05, 0) is 56.0 Å². The second-order valence-corrected chi connectivity index (χ2v) is 5.49. The summed E-state index contributed by atoms with van der Waals surface area (Å²) in [6.45, 7) is 8.52. The van der Waals surface area contributed by atoms with Gasteiger partial charge < -0.3 is 5.32 Å². The van der Waals surface area contributed by atoms with Crippen molar-refractivity contribution in [3.8, 4) is 0 Å². The van der Waals surface area contributed by atoms with E-state index in [2.05, 4.69) is 23.5 Å². The minimum absolute atomic E-state index is 0.128. The fourth-order valence-electron chi connectivity index (χ4n) is 2.27. The Balaban J connectivity index is 2.29. The Labute approximate surface area is 125 Å². The second-order valence-electron chi connectivity index (χ2n) is 5.49. The summed E-state index contributed by atoms with van der Waals surface area (Å²) < 4.78 is 0. The third-order valence-corrected chi connectivity index (χ3v) is 3.78. The lowest BCUT2D eigenvalue weighted by molar-refractivity contribution is -0.384. The highest BCUT2D eigenvalue weighted by Crippen LogP contribution is 2.28. The molecule has 0 heterocycles. The van der Waals surface area contributed by atoms with Crippen molar-refractivity contribution < 1.29 is 4.92 Å². The molecule has 0 aromatic heterocycles. The summed E-state index contributed by atoms with van der Waals surface area (Å²) in [4.78, 5) is 10.8. The van der Waals surface area contributed by atoms with Crippen LogP contribution in [0.15, 0.2) is 30.3 Å². The molecule has 0 fully saturated rings. The number of aryl methyl sites for hydroxylation is 4. The van der Waals surface area contributed by atoms with Gasteiger partial charge in [0.2, 0.25) is 0 Å². The Morgan fingerprint density at radius 3 is 2.33 bits per heavy atom. The summed E-state index contributed by atoms with van der Waals surface area (Å²) in [6, 6.07) is 9.72. The molecule has 0 spiro atoms. The molecule has 1 N–H and O–H groups in total. The maximum Gasteiger partial charge on any atom is 0.292 e. The number of hydrogen-bond acceptors (Lipinski definition) is 3. The number of nitro benzene ring substituents is 1. The van der Waals surface area contributed by atoms with Gasteiger partial charge in [-0.2, -0.15) is 0 Å². The highest BCUT2D eigenvalue weighted by Gasteiger charge is 2.15. The molecule has 0 aliphatic heterocycles. The van der Waals surface area contributed by atoms with Crippen molar-refractivity contribution in [3.05, 3.63) is 68.3 Å². The van der Waals surface area contributed by atoms with Gasteiger partial charge in [-0.1, -0.05) is 23.8 Å². The van der Waals surface area contributed by atoms with Gasteiger partial charge in [0.05, 0.1) is 4.92 Å². The van der Waals surface area contributed by atoms with Crippen LogP contribution in [-0.4, -0.2) is 4.92 Å². The zero-order valence-electron chi connectivity index (χ0n) is 12.9. The number of rotatable bonds is 4. The zero-order chi connectivity index (χ0) is 15.6. The molecular formula is C17H20N2O2. The van der Waals surface area contributed by atoms with Crippen molar-refractivity contribution in [2.75, 3.05) is 5.32 Å². The van der Waals surface area contributed by atoms with Crippen LogP contribution in [0.1, 0.15) is 27.8 Å². The summed E-state index contributed by atoms with van der Waals surface area (Å²) in [6.07, 6.45) is 0. The van der Waals surface area contributed by atoms with Crippen molar-refractivity contribution in [1.29, 1.82) is 0 Å². The number of anilines is 1. The van der Waals surface area contributed by atoms with Crippen LogP contribution in [0.2, 0.25) is 0 Å². The first kappa shape index (κ1) is 15.0. The van der Waals surface area contributed by atoms with E-state index in [0.717, 1.165) is 16.7 Å². The Hall–Kier alpha value is -2.36. The number of nitrogens with zero attached hydrogens (tertiary/aromatic N) is 1. The van der Waals surface area contributed by atoms with E-state index in [0.29, 0.717) is 12.2 Å². The molecule has 2 rings (SSSR count).